The van der Waals surface area contributed by atoms with E-state index in [-0.39, 0.29) is 18.0 Å². The maximum atomic E-state index is 10.1. The smallest absolute Gasteiger partial charge is 0.161 e. The Hall–Kier alpha value is -2.40. The van der Waals surface area contributed by atoms with Gasteiger partial charge in [-0.15, -0.1) is 0 Å². The molecule has 0 spiro atoms. The topological polar surface area (TPSA) is 57.2 Å². The molecule has 4 atom stereocenters. The fourth-order valence-electron chi connectivity index (χ4n) is 3.64. The molecular weight excluding hydrogens is 332 g/mol. The molecule has 1 saturated heterocycles. The van der Waals surface area contributed by atoms with E-state index in [1.54, 1.807) is 33.5 Å². The van der Waals surface area contributed by atoms with Crippen LogP contribution in [0.3, 0.4) is 0 Å². The predicted molar refractivity (Wildman–Crippen MR) is 99.1 cm³/mol. The Morgan fingerprint density at radius 1 is 0.731 bits per heavy atom. The molecule has 1 N–H and O–H groups in total. The van der Waals surface area contributed by atoms with E-state index >= 15 is 0 Å². The summed E-state index contributed by atoms with van der Waals surface area (Å²) >= 11 is 0. The van der Waals surface area contributed by atoms with Gasteiger partial charge in [0.15, 0.2) is 23.0 Å². The zero-order valence-electron chi connectivity index (χ0n) is 15.9. The van der Waals surface area contributed by atoms with Gasteiger partial charge in [-0.25, -0.2) is 0 Å². The number of ether oxygens (including phenoxy) is 4. The van der Waals surface area contributed by atoms with Crippen molar-refractivity contribution in [2.24, 2.45) is 11.8 Å². The molecule has 140 valence electrons. The lowest BCUT2D eigenvalue weighted by Crippen LogP contribution is -2.10. The molecule has 0 aliphatic carbocycles. The molecule has 1 aliphatic heterocycles. The van der Waals surface area contributed by atoms with Gasteiger partial charge in [-0.3, -0.25) is 0 Å². The van der Waals surface area contributed by atoms with E-state index in [4.69, 9.17) is 18.9 Å². The maximum absolute atomic E-state index is 10.1. The third-order valence-electron chi connectivity index (χ3n) is 5.35. The SMILES string of the molecule is COc1ccc([C@H]2O[C@@H](c3ccc(OC)c(OC)c3)[C@@H](C)[C@@H]2C)cc1O. The molecule has 5 heteroatoms. The highest BCUT2D eigenvalue weighted by Gasteiger charge is 2.41. The van der Waals surface area contributed by atoms with Crippen molar-refractivity contribution in [1.82, 2.24) is 0 Å². The van der Waals surface area contributed by atoms with Crippen molar-refractivity contribution in [3.63, 3.8) is 0 Å². The first kappa shape index (κ1) is 18.4. The number of methoxy groups -OCH3 is 3. The van der Waals surface area contributed by atoms with Gasteiger partial charge >= 0.3 is 0 Å². The molecule has 0 unspecified atom stereocenters. The van der Waals surface area contributed by atoms with Crippen LogP contribution in [-0.4, -0.2) is 26.4 Å². The lowest BCUT2D eigenvalue weighted by molar-refractivity contribution is 0.0288. The zero-order chi connectivity index (χ0) is 18.8. The Kier molecular flexibility index (Phi) is 5.28. The summed E-state index contributed by atoms with van der Waals surface area (Å²) in [5, 5.41) is 10.1. The summed E-state index contributed by atoms with van der Waals surface area (Å²) in [6.07, 6.45) is -0.154. The first-order valence-electron chi connectivity index (χ1n) is 8.74. The van der Waals surface area contributed by atoms with Crippen molar-refractivity contribution in [3.05, 3.63) is 47.5 Å². The molecule has 5 nitrogen and oxygen atoms in total. The van der Waals surface area contributed by atoms with E-state index in [0.717, 1.165) is 11.1 Å². The number of hydrogen-bond donors (Lipinski definition) is 1. The van der Waals surface area contributed by atoms with Gasteiger partial charge < -0.3 is 24.1 Å². The molecule has 1 heterocycles. The monoisotopic (exact) mass is 358 g/mol. The number of hydrogen-bond acceptors (Lipinski definition) is 5. The summed E-state index contributed by atoms with van der Waals surface area (Å²) < 4.78 is 22.3. The normalized spacial score (nSPS) is 25.1. The quantitative estimate of drug-likeness (QED) is 0.853. The third-order valence-corrected chi connectivity index (χ3v) is 5.35. The Labute approximate surface area is 154 Å². The minimum absolute atomic E-state index is 0.0564. The molecular formula is C21H26O5. The summed E-state index contributed by atoms with van der Waals surface area (Å²) in [5.41, 5.74) is 2.01. The van der Waals surface area contributed by atoms with Crippen molar-refractivity contribution >= 4 is 0 Å². The Balaban J connectivity index is 1.89. The molecule has 1 aliphatic rings. The largest absolute Gasteiger partial charge is 0.504 e. The van der Waals surface area contributed by atoms with Crippen LogP contribution in [0, 0.1) is 11.8 Å². The van der Waals surface area contributed by atoms with Crippen LogP contribution in [-0.2, 0) is 4.74 Å². The molecule has 0 radical (unpaired) electrons. The van der Waals surface area contributed by atoms with Crippen LogP contribution in [0.2, 0.25) is 0 Å². The molecule has 2 aromatic carbocycles. The van der Waals surface area contributed by atoms with Gasteiger partial charge in [-0.1, -0.05) is 26.0 Å². The first-order valence-corrected chi connectivity index (χ1v) is 8.74. The van der Waals surface area contributed by atoms with Gasteiger partial charge in [0.1, 0.15) is 0 Å². The highest BCUT2D eigenvalue weighted by atomic mass is 16.5. The number of aromatic hydroxyl groups is 1. The van der Waals surface area contributed by atoms with Crippen molar-refractivity contribution in [2.45, 2.75) is 26.1 Å². The van der Waals surface area contributed by atoms with E-state index in [2.05, 4.69) is 13.8 Å². The van der Waals surface area contributed by atoms with Gasteiger partial charge in [0.05, 0.1) is 33.5 Å². The van der Waals surface area contributed by atoms with E-state index in [1.165, 1.54) is 0 Å². The lowest BCUT2D eigenvalue weighted by Gasteiger charge is -2.18. The van der Waals surface area contributed by atoms with Crippen LogP contribution >= 0.6 is 0 Å². The Morgan fingerprint density at radius 2 is 1.23 bits per heavy atom. The summed E-state index contributed by atoms with van der Waals surface area (Å²) in [4.78, 5) is 0. The fourth-order valence-corrected chi connectivity index (χ4v) is 3.64. The second kappa shape index (κ2) is 7.46. The molecule has 0 aromatic heterocycles. The molecule has 0 bridgehead atoms. The lowest BCUT2D eigenvalue weighted by atomic mass is 9.85. The molecule has 0 saturated carbocycles. The number of benzene rings is 2. The van der Waals surface area contributed by atoms with E-state index in [0.29, 0.717) is 29.1 Å². The van der Waals surface area contributed by atoms with Gasteiger partial charge in [0, 0.05) is 0 Å². The average Bonchev–Trinajstić information content (AvgIpc) is 2.96. The van der Waals surface area contributed by atoms with E-state index in [1.807, 2.05) is 24.3 Å². The van der Waals surface area contributed by atoms with Crippen LogP contribution in [0.15, 0.2) is 36.4 Å². The number of phenolic OH excluding ortho intramolecular Hbond substituents is 1. The van der Waals surface area contributed by atoms with Crippen molar-refractivity contribution in [3.8, 4) is 23.0 Å². The molecule has 0 amide bonds. The second-order valence-electron chi connectivity index (χ2n) is 6.74. The van der Waals surface area contributed by atoms with Gasteiger partial charge in [-0.2, -0.15) is 0 Å². The number of rotatable bonds is 5. The fraction of sp³-hybridized carbons (Fsp3) is 0.429. The summed E-state index contributed by atoms with van der Waals surface area (Å²) in [6.45, 7) is 4.37. The maximum Gasteiger partial charge on any atom is 0.161 e. The minimum Gasteiger partial charge on any atom is -0.504 e. The molecule has 26 heavy (non-hydrogen) atoms. The Bertz CT molecular complexity index is 773. The zero-order valence-corrected chi connectivity index (χ0v) is 15.9. The number of phenols is 1. The Morgan fingerprint density at radius 3 is 1.73 bits per heavy atom. The standard InChI is InChI=1S/C21H26O5/c1-12-13(2)21(15-7-9-18(24-4)19(11-15)25-5)26-20(12)14-6-8-17(23-3)16(22)10-14/h6-13,20-22H,1-5H3/t12-,13-,20-,21+/m0/s1. The second-order valence-corrected chi connectivity index (χ2v) is 6.74. The van der Waals surface area contributed by atoms with E-state index in [9.17, 15) is 5.11 Å². The van der Waals surface area contributed by atoms with E-state index < -0.39 is 0 Å². The van der Waals surface area contributed by atoms with Crippen LogP contribution in [0.1, 0.15) is 37.2 Å². The van der Waals surface area contributed by atoms with Gasteiger partial charge in [0.2, 0.25) is 0 Å². The highest BCUT2D eigenvalue weighted by molar-refractivity contribution is 5.45. The first-order chi connectivity index (χ1) is 12.5. The third kappa shape index (κ3) is 3.19. The summed E-state index contributed by atoms with van der Waals surface area (Å²) in [6, 6.07) is 11.3. The van der Waals surface area contributed by atoms with Gasteiger partial charge in [-0.05, 0) is 47.2 Å². The van der Waals surface area contributed by atoms with Crippen LogP contribution in [0.25, 0.3) is 0 Å². The van der Waals surface area contributed by atoms with Crippen molar-refractivity contribution in [1.29, 1.82) is 0 Å². The minimum atomic E-state index is -0.0973. The van der Waals surface area contributed by atoms with Crippen LogP contribution in [0.4, 0.5) is 0 Å². The molecule has 2 aromatic rings. The van der Waals surface area contributed by atoms with Crippen molar-refractivity contribution < 1.29 is 24.1 Å². The predicted octanol–water partition coefficient (Wildman–Crippen LogP) is 4.50. The van der Waals surface area contributed by atoms with Gasteiger partial charge in [0.25, 0.3) is 0 Å². The summed E-state index contributed by atoms with van der Waals surface area (Å²) in [5.74, 6) is 2.58. The summed E-state index contributed by atoms with van der Waals surface area (Å²) in [7, 11) is 4.80. The highest BCUT2D eigenvalue weighted by Crippen LogP contribution is 2.50. The average molecular weight is 358 g/mol. The van der Waals surface area contributed by atoms with Crippen molar-refractivity contribution in [2.75, 3.05) is 21.3 Å². The van der Waals surface area contributed by atoms with Crippen LogP contribution in [0.5, 0.6) is 23.0 Å². The molecule has 1 fully saturated rings. The molecule has 3 rings (SSSR count). The van der Waals surface area contributed by atoms with Crippen LogP contribution < -0.4 is 14.2 Å².